The molecule has 0 saturated carbocycles. The van der Waals surface area contributed by atoms with Crippen molar-refractivity contribution >= 4 is 0 Å². The highest BCUT2D eigenvalue weighted by molar-refractivity contribution is 4.93. The number of likely N-dealkylation sites (tertiary alicyclic amines) is 1. The highest BCUT2D eigenvalue weighted by Crippen LogP contribution is 2.40. The average Bonchev–Trinajstić information content (AvgIpc) is 2.90. The summed E-state index contributed by atoms with van der Waals surface area (Å²) in [6.07, 6.45) is -4.74. The van der Waals surface area contributed by atoms with Crippen LogP contribution in [0.25, 0.3) is 0 Å². The lowest BCUT2D eigenvalue weighted by atomic mass is 9.91. The molecule has 2 aliphatic heterocycles. The second kappa shape index (κ2) is 19.4. The smallest absolute Gasteiger partial charge is 0.378 e. The van der Waals surface area contributed by atoms with E-state index < -0.39 is 17.7 Å². The fraction of sp³-hybridized carbons (Fsp3) is 1.00. The van der Waals surface area contributed by atoms with Crippen molar-refractivity contribution in [2.75, 3.05) is 119 Å². The van der Waals surface area contributed by atoms with Crippen LogP contribution in [0.3, 0.4) is 0 Å². The van der Waals surface area contributed by atoms with Gasteiger partial charge < -0.3 is 43.4 Å². The number of hydrogen-bond donors (Lipinski definition) is 1. The normalized spacial score (nSPS) is 19.9. The molecule has 2 saturated heterocycles. The molecule has 0 bridgehead atoms. The highest BCUT2D eigenvalue weighted by Gasteiger charge is 2.56. The van der Waals surface area contributed by atoms with Crippen molar-refractivity contribution in [1.29, 1.82) is 0 Å². The topological polar surface area (TPSA) is 79.9 Å². The van der Waals surface area contributed by atoms with E-state index in [2.05, 4.69) is 5.32 Å². The summed E-state index contributed by atoms with van der Waals surface area (Å²) >= 11 is 0. The number of ether oxygens (including phenoxy) is 7. The van der Waals surface area contributed by atoms with E-state index in [1.807, 2.05) is 4.90 Å². The van der Waals surface area contributed by atoms with Gasteiger partial charge in [-0.15, -0.1) is 0 Å². The van der Waals surface area contributed by atoms with Gasteiger partial charge in [-0.25, -0.2) is 8.78 Å². The molecule has 0 aromatic rings. The summed E-state index contributed by atoms with van der Waals surface area (Å²) in [5.41, 5.74) is -2.08. The first-order chi connectivity index (χ1) is 18.7. The fourth-order valence-electron chi connectivity index (χ4n) is 4.14. The molecule has 0 spiro atoms. The summed E-state index contributed by atoms with van der Waals surface area (Å²) in [6.45, 7) is 6.43. The molecule has 2 aliphatic rings. The summed E-state index contributed by atoms with van der Waals surface area (Å²) in [6, 6.07) is 0. The Hall–Kier alpha value is -0.710. The minimum absolute atomic E-state index is 0.0731. The van der Waals surface area contributed by atoms with Gasteiger partial charge in [0, 0.05) is 32.5 Å². The first-order valence-corrected chi connectivity index (χ1v) is 13.7. The van der Waals surface area contributed by atoms with Crippen molar-refractivity contribution in [2.24, 2.45) is 0 Å². The maximum absolute atomic E-state index is 13.3. The van der Waals surface area contributed by atoms with E-state index in [1.165, 1.54) is 0 Å². The lowest BCUT2D eigenvalue weighted by Gasteiger charge is -2.38. The molecule has 2 rings (SSSR count). The van der Waals surface area contributed by atoms with Crippen molar-refractivity contribution in [3.8, 4) is 0 Å². The van der Waals surface area contributed by atoms with Gasteiger partial charge in [0.1, 0.15) is 0 Å². The first-order valence-electron chi connectivity index (χ1n) is 13.7. The van der Waals surface area contributed by atoms with Gasteiger partial charge in [-0.2, -0.15) is 13.2 Å². The summed E-state index contributed by atoms with van der Waals surface area (Å²) in [5, 5.41) is 2.92. The number of alkyl halides is 5. The van der Waals surface area contributed by atoms with Gasteiger partial charge in [0.25, 0.3) is 5.92 Å². The minimum Gasteiger partial charge on any atom is -0.378 e. The molecule has 232 valence electrons. The van der Waals surface area contributed by atoms with Gasteiger partial charge in [-0.05, 0) is 25.9 Å². The quantitative estimate of drug-likeness (QED) is 0.154. The molecule has 39 heavy (non-hydrogen) atoms. The van der Waals surface area contributed by atoms with Crippen molar-refractivity contribution in [2.45, 2.75) is 43.4 Å². The molecule has 14 heteroatoms. The number of nitrogens with one attached hydrogen (secondary N) is 1. The maximum atomic E-state index is 13.3. The highest BCUT2D eigenvalue weighted by atomic mass is 19.4. The van der Waals surface area contributed by atoms with Gasteiger partial charge >= 0.3 is 6.18 Å². The Bertz CT molecular complexity index is 604. The van der Waals surface area contributed by atoms with Crippen molar-refractivity contribution in [1.82, 2.24) is 10.2 Å². The number of rotatable bonds is 22. The van der Waals surface area contributed by atoms with E-state index in [4.69, 9.17) is 33.2 Å². The van der Waals surface area contributed by atoms with Crippen molar-refractivity contribution in [3.63, 3.8) is 0 Å². The van der Waals surface area contributed by atoms with Crippen LogP contribution in [-0.4, -0.2) is 141 Å². The van der Waals surface area contributed by atoms with E-state index in [9.17, 15) is 22.0 Å². The summed E-state index contributed by atoms with van der Waals surface area (Å²) in [5.74, 6) is -2.52. The van der Waals surface area contributed by atoms with E-state index >= 15 is 0 Å². The molecule has 0 amide bonds. The summed E-state index contributed by atoms with van der Waals surface area (Å²) in [4.78, 5) is 1.99. The Balaban J connectivity index is 1.25. The Kier molecular flexibility index (Phi) is 17.2. The number of nitrogens with zero attached hydrogens (tertiary/aromatic N) is 1. The van der Waals surface area contributed by atoms with Gasteiger partial charge in [-0.1, -0.05) is 0 Å². The van der Waals surface area contributed by atoms with Crippen LogP contribution in [0.2, 0.25) is 0 Å². The maximum Gasteiger partial charge on any atom is 0.417 e. The molecular formula is C25H45F5N2O7. The van der Waals surface area contributed by atoms with Crippen LogP contribution in [0.4, 0.5) is 22.0 Å². The van der Waals surface area contributed by atoms with E-state index in [-0.39, 0.29) is 58.6 Å². The zero-order valence-corrected chi connectivity index (χ0v) is 22.8. The summed E-state index contributed by atoms with van der Waals surface area (Å²) in [7, 11) is 0. The zero-order chi connectivity index (χ0) is 28.3. The molecule has 0 aromatic carbocycles. The second-order valence-electron chi connectivity index (χ2n) is 9.46. The molecule has 0 radical (unpaired) electrons. The van der Waals surface area contributed by atoms with E-state index in [1.54, 1.807) is 0 Å². The number of hydrogen-bond acceptors (Lipinski definition) is 9. The van der Waals surface area contributed by atoms with Crippen LogP contribution in [0.1, 0.15) is 25.7 Å². The van der Waals surface area contributed by atoms with E-state index in [0.717, 1.165) is 0 Å². The average molecular weight is 581 g/mol. The molecule has 2 fully saturated rings. The fourth-order valence-corrected chi connectivity index (χ4v) is 4.14. The zero-order valence-electron chi connectivity index (χ0n) is 22.8. The third-order valence-electron chi connectivity index (χ3n) is 6.53. The molecular weight excluding hydrogens is 535 g/mol. The van der Waals surface area contributed by atoms with Gasteiger partial charge in [0.15, 0.2) is 5.60 Å². The Morgan fingerprint density at radius 3 is 1.36 bits per heavy atom. The van der Waals surface area contributed by atoms with Crippen LogP contribution in [-0.2, 0) is 33.2 Å². The number of piperidine rings is 2. The molecule has 0 aliphatic carbocycles. The van der Waals surface area contributed by atoms with Crippen LogP contribution in [0.15, 0.2) is 0 Å². The minimum atomic E-state index is -4.39. The standard InChI is InChI=1S/C25H45F5N2O7/c26-24(27)3-7-32(8-4-24)9-10-33-11-12-34-13-14-35-15-16-36-17-18-37-19-20-38-21-22-39-23(25(28,29)30)1-5-31-6-2-23/h31H,1-22H2. The molecule has 1 N–H and O–H groups in total. The van der Waals surface area contributed by atoms with Crippen LogP contribution in [0, 0.1) is 0 Å². The molecule has 0 atom stereocenters. The second-order valence-corrected chi connectivity index (χ2v) is 9.46. The lowest BCUT2D eigenvalue weighted by Crippen LogP contribution is -2.54. The van der Waals surface area contributed by atoms with Crippen LogP contribution in [0.5, 0.6) is 0 Å². The molecule has 0 aromatic heterocycles. The third kappa shape index (κ3) is 15.2. The van der Waals surface area contributed by atoms with Crippen molar-refractivity contribution in [3.05, 3.63) is 0 Å². The van der Waals surface area contributed by atoms with Gasteiger partial charge in [0.2, 0.25) is 0 Å². The molecule has 9 nitrogen and oxygen atoms in total. The predicted octanol–water partition coefficient (Wildman–Crippen LogP) is 2.52. The van der Waals surface area contributed by atoms with Crippen molar-refractivity contribution < 1.29 is 55.1 Å². The lowest BCUT2D eigenvalue weighted by molar-refractivity contribution is -0.287. The third-order valence-corrected chi connectivity index (χ3v) is 6.53. The number of halogens is 5. The van der Waals surface area contributed by atoms with Gasteiger partial charge in [0.05, 0.1) is 85.9 Å². The largest absolute Gasteiger partial charge is 0.417 e. The molecule has 2 heterocycles. The van der Waals surface area contributed by atoms with E-state index in [0.29, 0.717) is 85.7 Å². The Morgan fingerprint density at radius 1 is 0.564 bits per heavy atom. The molecule has 0 unspecified atom stereocenters. The summed E-state index contributed by atoms with van der Waals surface area (Å²) < 4.78 is 104. The first kappa shape index (κ1) is 34.5. The van der Waals surface area contributed by atoms with Crippen LogP contribution < -0.4 is 5.32 Å². The SMILES string of the molecule is FC1(F)CCN(CCOCCOCCOCCOCCOCCOCCOC2(C(F)(F)F)CCNCC2)CC1. The Labute approximate surface area is 227 Å². The predicted molar refractivity (Wildman–Crippen MR) is 132 cm³/mol. The van der Waals surface area contributed by atoms with Gasteiger partial charge in [-0.3, -0.25) is 0 Å². The Morgan fingerprint density at radius 2 is 0.949 bits per heavy atom. The van der Waals surface area contributed by atoms with Crippen LogP contribution >= 0.6 is 0 Å². The monoisotopic (exact) mass is 580 g/mol.